The number of benzene rings is 1. The number of nitrogens with one attached hydrogen (secondary N) is 1. The number of anilines is 2. The van der Waals surface area contributed by atoms with E-state index in [1.807, 2.05) is 22.9 Å². The Bertz CT molecular complexity index is 1320. The van der Waals surface area contributed by atoms with E-state index in [-0.39, 0.29) is 12.1 Å². The Morgan fingerprint density at radius 2 is 2.00 bits per heavy atom. The lowest BCUT2D eigenvalue weighted by Gasteiger charge is -2.30. The van der Waals surface area contributed by atoms with Crippen LogP contribution in [0.1, 0.15) is 19.3 Å². The number of carbonyl (C=O) groups is 1. The zero-order valence-electron chi connectivity index (χ0n) is 17.2. The van der Waals surface area contributed by atoms with Crippen molar-refractivity contribution < 1.29 is 9.18 Å². The number of hydrogen-bond donors (Lipinski definition) is 1. The number of nitrogens with zero attached hydrogens (tertiary/aromatic N) is 3. The molecule has 4 heterocycles. The van der Waals surface area contributed by atoms with E-state index in [2.05, 4.69) is 15.2 Å². The lowest BCUT2D eigenvalue weighted by atomic mass is 10.1. The number of piperidine rings is 1. The smallest absolute Gasteiger partial charge is 0.263 e. The van der Waals surface area contributed by atoms with Crippen LogP contribution in [0.5, 0.6) is 0 Å². The summed E-state index contributed by atoms with van der Waals surface area (Å²) < 4.78 is 15.2. The van der Waals surface area contributed by atoms with Gasteiger partial charge in [-0.3, -0.25) is 14.2 Å². The normalized spacial score (nSPS) is 14.1. The highest BCUT2D eigenvalue weighted by Crippen LogP contribution is 2.33. The minimum atomic E-state index is -0.417. The van der Waals surface area contributed by atoms with Gasteiger partial charge in [-0.2, -0.15) is 0 Å². The molecule has 1 amide bonds. The van der Waals surface area contributed by atoms with Gasteiger partial charge in [0.15, 0.2) is 0 Å². The molecule has 0 saturated carbocycles. The van der Waals surface area contributed by atoms with Crippen LogP contribution in [0.25, 0.3) is 20.7 Å². The number of thiophene rings is 2. The highest BCUT2D eigenvalue weighted by Gasteiger charge is 2.18. The van der Waals surface area contributed by atoms with Gasteiger partial charge in [0.2, 0.25) is 5.91 Å². The highest BCUT2D eigenvalue weighted by molar-refractivity contribution is 7.18. The Labute approximate surface area is 192 Å². The number of rotatable bonds is 5. The Morgan fingerprint density at radius 3 is 2.78 bits per heavy atom. The van der Waals surface area contributed by atoms with Crippen molar-refractivity contribution in [1.29, 1.82) is 0 Å². The highest BCUT2D eigenvalue weighted by atomic mass is 32.1. The number of halogens is 1. The molecule has 1 aromatic carbocycles. The largest absolute Gasteiger partial charge is 0.370 e. The molecule has 1 fully saturated rings. The van der Waals surface area contributed by atoms with Crippen molar-refractivity contribution >= 4 is 50.2 Å². The maximum absolute atomic E-state index is 13.9. The maximum atomic E-state index is 13.9. The van der Waals surface area contributed by atoms with E-state index >= 15 is 0 Å². The summed E-state index contributed by atoms with van der Waals surface area (Å²) in [5.41, 5.74) is 1.81. The molecule has 0 aliphatic carbocycles. The molecule has 0 bridgehead atoms. The molecule has 1 saturated heterocycles. The average molecular weight is 469 g/mol. The fourth-order valence-corrected chi connectivity index (χ4v) is 5.78. The third kappa shape index (κ3) is 4.05. The molecule has 5 rings (SSSR count). The van der Waals surface area contributed by atoms with E-state index < -0.39 is 11.7 Å². The Balaban J connectivity index is 1.41. The Hall–Kier alpha value is -3.04. The first-order valence-corrected chi connectivity index (χ1v) is 12.2. The lowest BCUT2D eigenvalue weighted by molar-refractivity contribution is -0.116. The van der Waals surface area contributed by atoms with E-state index in [9.17, 15) is 14.0 Å². The van der Waals surface area contributed by atoms with Crippen LogP contribution in [0.3, 0.4) is 0 Å². The van der Waals surface area contributed by atoms with Crippen molar-refractivity contribution in [1.82, 2.24) is 9.55 Å². The summed E-state index contributed by atoms with van der Waals surface area (Å²) >= 11 is 2.96. The van der Waals surface area contributed by atoms with Crippen LogP contribution in [0.15, 0.2) is 52.2 Å². The minimum Gasteiger partial charge on any atom is -0.370 e. The summed E-state index contributed by atoms with van der Waals surface area (Å²) in [4.78, 5) is 34.2. The minimum absolute atomic E-state index is 0.197. The van der Waals surface area contributed by atoms with Gasteiger partial charge in [-0.15, -0.1) is 22.7 Å². The van der Waals surface area contributed by atoms with Gasteiger partial charge in [0.05, 0.1) is 23.1 Å². The summed E-state index contributed by atoms with van der Waals surface area (Å²) in [7, 11) is 0. The van der Waals surface area contributed by atoms with Crippen molar-refractivity contribution in [2.24, 2.45) is 0 Å². The Kier molecular flexibility index (Phi) is 5.75. The van der Waals surface area contributed by atoms with Gasteiger partial charge in [-0.05, 0) is 48.9 Å². The van der Waals surface area contributed by atoms with Crippen LogP contribution in [0.2, 0.25) is 0 Å². The second-order valence-corrected chi connectivity index (χ2v) is 9.55. The predicted molar refractivity (Wildman–Crippen MR) is 128 cm³/mol. The molecule has 4 aromatic rings. The molecule has 0 unspecified atom stereocenters. The zero-order valence-corrected chi connectivity index (χ0v) is 18.8. The van der Waals surface area contributed by atoms with E-state index in [0.29, 0.717) is 15.9 Å². The SMILES string of the molecule is O=C(Cn1cnc2scc(-c3cccs3)c2c1=O)Nc1cc(F)ccc1N1CCCCC1. The first-order valence-electron chi connectivity index (χ1n) is 10.4. The van der Waals surface area contributed by atoms with E-state index in [1.54, 1.807) is 17.4 Å². The van der Waals surface area contributed by atoms with Gasteiger partial charge in [0, 0.05) is 28.9 Å². The van der Waals surface area contributed by atoms with Crippen molar-refractivity contribution in [3.63, 3.8) is 0 Å². The number of amides is 1. The molecule has 3 aromatic heterocycles. The van der Waals surface area contributed by atoms with Gasteiger partial charge in [-0.25, -0.2) is 9.37 Å². The molecule has 0 atom stereocenters. The van der Waals surface area contributed by atoms with Crippen LogP contribution >= 0.6 is 22.7 Å². The first-order chi connectivity index (χ1) is 15.6. The fraction of sp³-hybridized carbons (Fsp3) is 0.261. The summed E-state index contributed by atoms with van der Waals surface area (Å²) in [5, 5.41) is 7.21. The molecular weight excluding hydrogens is 447 g/mol. The second kappa shape index (κ2) is 8.84. The van der Waals surface area contributed by atoms with Crippen molar-refractivity contribution in [3.05, 3.63) is 63.6 Å². The number of fused-ring (bicyclic) bond motifs is 1. The molecule has 1 N–H and O–H groups in total. The molecular formula is C23H21FN4O2S2. The van der Waals surface area contributed by atoms with Gasteiger partial charge >= 0.3 is 0 Å². The molecule has 9 heteroatoms. The van der Waals surface area contributed by atoms with E-state index in [1.165, 1.54) is 40.8 Å². The van der Waals surface area contributed by atoms with Crippen LogP contribution < -0.4 is 15.8 Å². The monoisotopic (exact) mass is 468 g/mol. The van der Waals surface area contributed by atoms with Crippen LogP contribution in [-0.4, -0.2) is 28.5 Å². The van der Waals surface area contributed by atoms with Crippen LogP contribution in [-0.2, 0) is 11.3 Å². The van der Waals surface area contributed by atoms with E-state index in [4.69, 9.17) is 0 Å². The Morgan fingerprint density at radius 1 is 1.16 bits per heavy atom. The molecule has 0 radical (unpaired) electrons. The number of carbonyl (C=O) groups excluding carboxylic acids is 1. The lowest BCUT2D eigenvalue weighted by Crippen LogP contribution is -2.31. The van der Waals surface area contributed by atoms with Gasteiger partial charge in [-0.1, -0.05) is 6.07 Å². The molecule has 1 aliphatic rings. The van der Waals surface area contributed by atoms with Gasteiger partial charge in [0.25, 0.3) is 5.56 Å². The molecule has 1 aliphatic heterocycles. The van der Waals surface area contributed by atoms with E-state index in [0.717, 1.165) is 42.1 Å². The zero-order chi connectivity index (χ0) is 22.1. The molecule has 32 heavy (non-hydrogen) atoms. The van der Waals surface area contributed by atoms with Crippen LogP contribution in [0.4, 0.5) is 15.8 Å². The summed E-state index contributed by atoms with van der Waals surface area (Å²) in [6.07, 6.45) is 4.71. The van der Waals surface area contributed by atoms with Crippen molar-refractivity contribution in [3.8, 4) is 10.4 Å². The summed E-state index contributed by atoms with van der Waals surface area (Å²) in [5.74, 6) is -0.815. The molecule has 6 nitrogen and oxygen atoms in total. The number of aromatic nitrogens is 2. The predicted octanol–water partition coefficient (Wildman–Crippen LogP) is 4.95. The number of hydrogen-bond acceptors (Lipinski definition) is 6. The van der Waals surface area contributed by atoms with Crippen molar-refractivity contribution in [2.45, 2.75) is 25.8 Å². The molecule has 0 spiro atoms. The average Bonchev–Trinajstić information content (AvgIpc) is 3.46. The third-order valence-electron chi connectivity index (χ3n) is 5.59. The second-order valence-electron chi connectivity index (χ2n) is 7.74. The quantitative estimate of drug-likeness (QED) is 0.450. The fourth-order valence-electron chi connectivity index (χ4n) is 4.06. The van der Waals surface area contributed by atoms with Gasteiger partial charge < -0.3 is 10.2 Å². The van der Waals surface area contributed by atoms with Gasteiger partial charge in [0.1, 0.15) is 17.2 Å². The summed E-state index contributed by atoms with van der Waals surface area (Å²) in [6.45, 7) is 1.55. The first kappa shape index (κ1) is 20.8. The standard InChI is InChI=1S/C23H21FN4O2S2/c24-15-6-7-18(27-8-2-1-3-9-27)17(11-15)26-20(29)12-28-14-25-22-21(23(28)30)16(13-32-22)19-5-4-10-31-19/h4-7,10-11,13-14H,1-3,8-9,12H2,(H,26,29). The molecule has 164 valence electrons. The summed E-state index contributed by atoms with van der Waals surface area (Å²) in [6, 6.07) is 8.34. The van der Waals surface area contributed by atoms with Crippen LogP contribution in [0, 0.1) is 5.82 Å². The van der Waals surface area contributed by atoms with Crippen molar-refractivity contribution in [2.75, 3.05) is 23.3 Å². The maximum Gasteiger partial charge on any atom is 0.263 e. The topological polar surface area (TPSA) is 67.2 Å². The third-order valence-corrected chi connectivity index (χ3v) is 7.38.